The van der Waals surface area contributed by atoms with E-state index < -0.39 is 0 Å². The van der Waals surface area contributed by atoms with Gasteiger partial charge in [-0.1, -0.05) is 12.1 Å². The van der Waals surface area contributed by atoms with Crippen molar-refractivity contribution in [1.82, 2.24) is 0 Å². The first-order valence-electron chi connectivity index (χ1n) is 7.08. The van der Waals surface area contributed by atoms with Gasteiger partial charge in [0.2, 0.25) is 0 Å². The molecular weight excluding hydrogens is 240 g/mol. The minimum absolute atomic E-state index is 0.0845. The van der Waals surface area contributed by atoms with Gasteiger partial charge in [-0.05, 0) is 31.9 Å². The molecule has 1 aromatic rings. The van der Waals surface area contributed by atoms with Crippen molar-refractivity contribution in [1.29, 1.82) is 0 Å². The quantitative estimate of drug-likeness (QED) is 0.721. The number of nitrogens with zero attached hydrogens (tertiary/aromatic N) is 2. The molecule has 3 atom stereocenters. The molecule has 100 valence electrons. The first kappa shape index (κ1) is 11.3. The van der Waals surface area contributed by atoms with Crippen LogP contribution in [0.15, 0.2) is 24.3 Å². The molecule has 4 heteroatoms. The summed E-state index contributed by atoms with van der Waals surface area (Å²) in [6.07, 6.45) is 2.26. The van der Waals surface area contributed by atoms with Crippen LogP contribution < -0.4 is 9.80 Å². The van der Waals surface area contributed by atoms with Crippen molar-refractivity contribution in [2.24, 2.45) is 0 Å². The zero-order chi connectivity index (χ0) is 13.0. The van der Waals surface area contributed by atoms with Crippen LogP contribution in [0.2, 0.25) is 0 Å². The van der Waals surface area contributed by atoms with Crippen LogP contribution >= 0.6 is 0 Å². The summed E-state index contributed by atoms with van der Waals surface area (Å²) in [6, 6.07) is 8.72. The van der Waals surface area contributed by atoms with Gasteiger partial charge in [0.05, 0.1) is 17.5 Å². The van der Waals surface area contributed by atoms with Gasteiger partial charge in [0.1, 0.15) is 0 Å². The third-order valence-electron chi connectivity index (χ3n) is 4.47. The molecule has 0 aliphatic carbocycles. The van der Waals surface area contributed by atoms with E-state index in [-0.39, 0.29) is 18.1 Å². The topological polar surface area (TPSA) is 36.1 Å². The Labute approximate surface area is 112 Å². The van der Waals surface area contributed by atoms with Gasteiger partial charge in [-0.2, -0.15) is 0 Å². The summed E-state index contributed by atoms with van der Waals surface area (Å²) in [7, 11) is 0. The number of fused-ring (bicyclic) bond motifs is 3. The van der Waals surface area contributed by atoms with E-state index in [0.717, 1.165) is 18.8 Å². The van der Waals surface area contributed by atoms with Crippen molar-refractivity contribution in [3.63, 3.8) is 0 Å². The van der Waals surface area contributed by atoms with Crippen LogP contribution in [-0.4, -0.2) is 37.2 Å². The molecule has 4 nitrogen and oxygen atoms in total. The number of hydrogen-bond donors (Lipinski definition) is 0. The lowest BCUT2D eigenvalue weighted by atomic mass is 10.1. The van der Waals surface area contributed by atoms with Gasteiger partial charge in [0.25, 0.3) is 5.91 Å². The van der Waals surface area contributed by atoms with Crippen LogP contribution in [0.25, 0.3) is 0 Å². The molecule has 1 unspecified atom stereocenters. The van der Waals surface area contributed by atoms with Gasteiger partial charge >= 0.3 is 0 Å². The number of epoxide rings is 1. The molecule has 2 saturated heterocycles. The number of amides is 1. The smallest absolute Gasteiger partial charge is 0.258 e. The van der Waals surface area contributed by atoms with Crippen molar-refractivity contribution in [2.75, 3.05) is 22.9 Å². The van der Waals surface area contributed by atoms with Crippen molar-refractivity contribution in [2.45, 2.75) is 38.0 Å². The highest BCUT2D eigenvalue weighted by molar-refractivity contribution is 6.02. The van der Waals surface area contributed by atoms with Gasteiger partial charge in [-0.25, -0.2) is 0 Å². The van der Waals surface area contributed by atoms with Crippen LogP contribution in [0.4, 0.5) is 11.4 Å². The molecule has 1 aromatic carbocycles. The maximum Gasteiger partial charge on any atom is 0.258 e. The fraction of sp³-hybridized carbons (Fsp3) is 0.533. The number of para-hydroxylation sites is 2. The molecule has 0 radical (unpaired) electrons. The molecule has 1 amide bonds. The summed E-state index contributed by atoms with van der Waals surface area (Å²) >= 11 is 0. The second-order valence-electron chi connectivity index (χ2n) is 5.69. The van der Waals surface area contributed by atoms with E-state index in [0.29, 0.717) is 6.04 Å². The molecular formula is C15H18N2O2. The van der Waals surface area contributed by atoms with E-state index in [2.05, 4.69) is 23.1 Å². The molecule has 0 aromatic heterocycles. The van der Waals surface area contributed by atoms with E-state index in [1.807, 2.05) is 17.9 Å². The minimum Gasteiger partial charge on any atom is -0.365 e. The number of carbonyl (C=O) groups excluding carboxylic acids is 1. The highest BCUT2D eigenvalue weighted by Crippen LogP contribution is 2.40. The molecule has 19 heavy (non-hydrogen) atoms. The van der Waals surface area contributed by atoms with Crippen molar-refractivity contribution in [3.05, 3.63) is 24.3 Å². The van der Waals surface area contributed by atoms with E-state index in [9.17, 15) is 4.79 Å². The largest absolute Gasteiger partial charge is 0.365 e. The van der Waals surface area contributed by atoms with Crippen molar-refractivity contribution < 1.29 is 9.53 Å². The summed E-state index contributed by atoms with van der Waals surface area (Å²) in [5.74, 6) is 0.131. The molecule has 0 bridgehead atoms. The normalized spacial score (nSPS) is 31.9. The molecule has 4 rings (SSSR count). The number of carbonyl (C=O) groups is 1. The van der Waals surface area contributed by atoms with E-state index >= 15 is 0 Å². The second kappa shape index (κ2) is 3.97. The molecule has 2 fully saturated rings. The number of anilines is 2. The fourth-order valence-electron chi connectivity index (χ4n) is 3.39. The van der Waals surface area contributed by atoms with Crippen LogP contribution in [-0.2, 0) is 9.53 Å². The van der Waals surface area contributed by atoms with Gasteiger partial charge in [0.15, 0.2) is 6.10 Å². The van der Waals surface area contributed by atoms with Crippen LogP contribution in [0, 0.1) is 0 Å². The molecule has 3 aliphatic rings. The summed E-state index contributed by atoms with van der Waals surface area (Å²) < 4.78 is 5.35. The monoisotopic (exact) mass is 258 g/mol. The number of ether oxygens (including phenoxy) is 1. The SMILES string of the molecule is C[C@@H]1O[C@H]1C(=O)N1CC2CCCN2c2ccccc21. The van der Waals surface area contributed by atoms with E-state index in [1.54, 1.807) is 0 Å². The maximum absolute atomic E-state index is 12.5. The lowest BCUT2D eigenvalue weighted by Crippen LogP contribution is -2.49. The Bertz CT molecular complexity index is 531. The lowest BCUT2D eigenvalue weighted by Gasteiger charge is -2.40. The Morgan fingerprint density at radius 1 is 1.32 bits per heavy atom. The number of benzene rings is 1. The Morgan fingerprint density at radius 2 is 2.05 bits per heavy atom. The average Bonchev–Trinajstić information content (AvgIpc) is 2.99. The van der Waals surface area contributed by atoms with Gasteiger partial charge in [-0.3, -0.25) is 4.79 Å². The van der Waals surface area contributed by atoms with Crippen LogP contribution in [0.3, 0.4) is 0 Å². The average molecular weight is 258 g/mol. The lowest BCUT2D eigenvalue weighted by molar-refractivity contribution is -0.119. The molecule has 0 saturated carbocycles. The first-order chi connectivity index (χ1) is 9.25. The Balaban J connectivity index is 1.72. The number of rotatable bonds is 1. The fourth-order valence-corrected chi connectivity index (χ4v) is 3.39. The highest BCUT2D eigenvalue weighted by Gasteiger charge is 2.46. The van der Waals surface area contributed by atoms with Gasteiger partial charge in [-0.15, -0.1) is 0 Å². The van der Waals surface area contributed by atoms with Crippen molar-refractivity contribution >= 4 is 17.3 Å². The van der Waals surface area contributed by atoms with E-state index in [1.165, 1.54) is 18.5 Å². The molecule has 0 spiro atoms. The Morgan fingerprint density at radius 3 is 2.79 bits per heavy atom. The summed E-state index contributed by atoms with van der Waals surface area (Å²) in [5.41, 5.74) is 2.26. The predicted octanol–water partition coefficient (Wildman–Crippen LogP) is 1.79. The molecule has 3 heterocycles. The maximum atomic E-state index is 12.5. The van der Waals surface area contributed by atoms with Gasteiger partial charge in [0, 0.05) is 19.1 Å². The second-order valence-corrected chi connectivity index (χ2v) is 5.69. The Hall–Kier alpha value is -1.55. The van der Waals surface area contributed by atoms with Gasteiger partial charge < -0.3 is 14.5 Å². The zero-order valence-corrected chi connectivity index (χ0v) is 11.1. The first-order valence-corrected chi connectivity index (χ1v) is 7.08. The summed E-state index contributed by atoms with van der Waals surface area (Å²) in [5, 5.41) is 0. The van der Waals surface area contributed by atoms with Crippen LogP contribution in [0.5, 0.6) is 0 Å². The summed E-state index contributed by atoms with van der Waals surface area (Å²) in [4.78, 5) is 16.9. The molecule has 0 N–H and O–H groups in total. The third kappa shape index (κ3) is 1.66. The van der Waals surface area contributed by atoms with Crippen LogP contribution in [0.1, 0.15) is 19.8 Å². The van der Waals surface area contributed by atoms with Crippen molar-refractivity contribution in [3.8, 4) is 0 Å². The van der Waals surface area contributed by atoms with E-state index in [4.69, 9.17) is 4.74 Å². The molecule has 3 aliphatic heterocycles. The number of hydrogen-bond acceptors (Lipinski definition) is 3. The Kier molecular flexibility index (Phi) is 2.36. The highest BCUT2D eigenvalue weighted by atomic mass is 16.6. The summed E-state index contributed by atoms with van der Waals surface area (Å²) in [6.45, 7) is 3.88. The zero-order valence-electron chi connectivity index (χ0n) is 11.1. The standard InChI is InChI=1S/C15H18N2O2/c1-10-14(19-10)15(18)17-9-11-5-4-8-16(11)12-6-2-3-7-13(12)17/h2-3,6-7,10-11,14H,4-5,8-9H2,1H3/t10-,11?,14+/m0/s1. The minimum atomic E-state index is -0.221. The predicted molar refractivity (Wildman–Crippen MR) is 73.5 cm³/mol. The third-order valence-corrected chi connectivity index (χ3v) is 4.47.